The van der Waals surface area contributed by atoms with Gasteiger partial charge in [-0.2, -0.15) is 5.26 Å². The Hall–Kier alpha value is 0.120. The number of rotatable bonds is 0. The Bertz CT molecular complexity index is 197. The van der Waals surface area contributed by atoms with E-state index in [-0.39, 0.29) is 0 Å². The molecule has 0 bridgehead atoms. The highest BCUT2D eigenvalue weighted by molar-refractivity contribution is 8.00. The lowest BCUT2D eigenvalue weighted by atomic mass is 10.3. The molecule has 9 heavy (non-hydrogen) atoms. The molecule has 0 fully saturated rings. The zero-order chi connectivity index (χ0) is 6.91. The summed E-state index contributed by atoms with van der Waals surface area (Å²) in [6.07, 6.45) is 0. The maximum absolute atomic E-state index is 8.41. The molecule has 0 aliphatic carbocycles. The first-order valence-electron chi connectivity index (χ1n) is 2.08. The zero-order valence-corrected chi connectivity index (χ0v) is 6.52. The Balaban J connectivity index is 2.86. The van der Waals surface area contributed by atoms with Crippen molar-refractivity contribution in [1.29, 1.82) is 5.26 Å². The van der Waals surface area contributed by atoms with Crippen molar-refractivity contribution in [3.63, 3.8) is 0 Å². The number of nitriles is 1. The Labute approximate surface area is 66.9 Å². The van der Waals surface area contributed by atoms with E-state index >= 15 is 0 Å². The number of hydrogen-bond donors (Lipinski definition) is 1. The molecule has 0 amide bonds. The summed E-state index contributed by atoms with van der Waals surface area (Å²) < 4.78 is 2.63. The molecular weight excluding hydrogens is 179 g/mol. The number of hydrogen-bond acceptors (Lipinski definition) is 3. The minimum absolute atomic E-state index is 0.330. The van der Waals surface area contributed by atoms with Crippen molar-refractivity contribution in [1.82, 2.24) is 4.72 Å². The van der Waals surface area contributed by atoms with E-state index in [1.54, 1.807) is 5.41 Å². The first kappa shape index (κ1) is 7.23. The molecule has 0 aromatic carbocycles. The molecule has 0 radical (unpaired) electrons. The molecule has 0 spiro atoms. The summed E-state index contributed by atoms with van der Waals surface area (Å²) in [7, 11) is 0. The molecule has 0 saturated carbocycles. The maximum Gasteiger partial charge on any atom is 0.227 e. The second-order valence-electron chi connectivity index (χ2n) is 1.46. The van der Waals surface area contributed by atoms with Gasteiger partial charge in [0, 0.05) is 5.41 Å². The zero-order valence-electron chi connectivity index (χ0n) is 4.19. The summed E-state index contributed by atoms with van der Waals surface area (Å²) in [5.41, 5.74) is 0. The molecule has 1 rings (SSSR count). The fraction of sp³-hybridized carbons (Fsp3) is 0.250. The molecule has 0 aromatic heterocycles. The van der Waals surface area contributed by atoms with Gasteiger partial charge in [0.05, 0.1) is 5.03 Å². The van der Waals surface area contributed by atoms with Gasteiger partial charge in [0.1, 0.15) is 6.07 Å². The van der Waals surface area contributed by atoms with Crippen LogP contribution in [0.4, 0.5) is 0 Å². The summed E-state index contributed by atoms with van der Waals surface area (Å²) >= 11 is 12.4. The van der Waals surface area contributed by atoms with Crippen molar-refractivity contribution in [2.24, 2.45) is 0 Å². The number of nitrogens with one attached hydrogen (secondary N) is 1. The van der Waals surface area contributed by atoms with E-state index in [9.17, 15) is 0 Å². The lowest BCUT2D eigenvalue weighted by Crippen LogP contribution is -2.29. The topological polar surface area (TPSA) is 35.8 Å². The average Bonchev–Trinajstić information content (AvgIpc) is 2.15. The third kappa shape index (κ3) is 1.17. The van der Waals surface area contributed by atoms with Crippen LogP contribution >= 0.6 is 35.1 Å². The van der Waals surface area contributed by atoms with E-state index in [2.05, 4.69) is 4.72 Å². The van der Waals surface area contributed by atoms with Gasteiger partial charge in [0.15, 0.2) is 0 Å². The minimum atomic E-state index is -1.19. The van der Waals surface area contributed by atoms with Crippen LogP contribution in [0.3, 0.4) is 0 Å². The third-order valence-corrected chi connectivity index (χ3v) is 2.74. The van der Waals surface area contributed by atoms with Gasteiger partial charge in [-0.05, 0) is 11.9 Å². The molecule has 2 nitrogen and oxygen atoms in total. The minimum Gasteiger partial charge on any atom is -0.223 e. The van der Waals surface area contributed by atoms with Crippen LogP contribution in [0.15, 0.2) is 10.4 Å². The standard InChI is InChI=1S/C4H2Cl2N2S/c5-3-1-9-8-4(3,6)2-7/h1,8H. The van der Waals surface area contributed by atoms with Crippen molar-refractivity contribution < 1.29 is 0 Å². The van der Waals surface area contributed by atoms with Crippen LogP contribution in [-0.2, 0) is 0 Å². The van der Waals surface area contributed by atoms with E-state index in [4.69, 9.17) is 28.5 Å². The fourth-order valence-corrected chi connectivity index (χ4v) is 1.56. The van der Waals surface area contributed by atoms with E-state index in [0.717, 1.165) is 0 Å². The third-order valence-electron chi connectivity index (χ3n) is 0.845. The van der Waals surface area contributed by atoms with Crippen molar-refractivity contribution >= 4 is 35.1 Å². The molecule has 1 N–H and O–H groups in total. The fourth-order valence-electron chi connectivity index (χ4n) is 0.369. The number of nitrogens with zero attached hydrogens (tertiary/aromatic N) is 1. The van der Waals surface area contributed by atoms with Gasteiger partial charge in [0.25, 0.3) is 0 Å². The predicted molar refractivity (Wildman–Crippen MR) is 38.9 cm³/mol. The maximum atomic E-state index is 8.41. The molecule has 5 heteroatoms. The van der Waals surface area contributed by atoms with Gasteiger partial charge in [-0.15, -0.1) is 0 Å². The lowest BCUT2D eigenvalue weighted by molar-refractivity contribution is 0.868. The number of alkyl halides is 1. The number of halogens is 2. The van der Waals surface area contributed by atoms with E-state index in [1.807, 2.05) is 6.07 Å². The second-order valence-corrected chi connectivity index (χ2v) is 3.11. The molecule has 1 atom stereocenters. The molecule has 48 valence electrons. The second kappa shape index (κ2) is 2.39. The predicted octanol–water partition coefficient (Wildman–Crippen LogP) is 1.78. The Morgan fingerprint density at radius 3 is 2.78 bits per heavy atom. The van der Waals surface area contributed by atoms with E-state index in [0.29, 0.717) is 5.03 Å². The molecule has 0 aromatic rings. The highest BCUT2D eigenvalue weighted by Crippen LogP contribution is 2.34. The summed E-state index contributed by atoms with van der Waals surface area (Å²) in [5.74, 6) is 0. The van der Waals surface area contributed by atoms with Crippen LogP contribution in [-0.4, -0.2) is 5.00 Å². The molecular formula is C4H2Cl2N2S. The summed E-state index contributed by atoms with van der Waals surface area (Å²) in [4.78, 5) is -1.19. The van der Waals surface area contributed by atoms with Crippen molar-refractivity contribution in [3.8, 4) is 6.07 Å². The van der Waals surface area contributed by atoms with Gasteiger partial charge < -0.3 is 0 Å². The summed E-state index contributed by atoms with van der Waals surface area (Å²) in [5, 5.41) is 10.3. The first-order valence-corrected chi connectivity index (χ1v) is 3.72. The Morgan fingerprint density at radius 2 is 2.56 bits per heavy atom. The first-order chi connectivity index (χ1) is 4.19. The van der Waals surface area contributed by atoms with Gasteiger partial charge in [-0.25, -0.2) is 4.72 Å². The normalized spacial score (nSPS) is 33.7. The van der Waals surface area contributed by atoms with E-state index < -0.39 is 5.00 Å². The van der Waals surface area contributed by atoms with Crippen LogP contribution in [0, 0.1) is 11.3 Å². The SMILES string of the molecule is N#CC1(Cl)NSC=C1Cl. The largest absolute Gasteiger partial charge is 0.227 e. The summed E-state index contributed by atoms with van der Waals surface area (Å²) in [6, 6.07) is 1.82. The van der Waals surface area contributed by atoms with Crippen molar-refractivity contribution in [3.05, 3.63) is 10.4 Å². The summed E-state index contributed by atoms with van der Waals surface area (Å²) in [6.45, 7) is 0. The highest BCUT2D eigenvalue weighted by atomic mass is 35.5. The highest BCUT2D eigenvalue weighted by Gasteiger charge is 2.34. The average molecular weight is 181 g/mol. The van der Waals surface area contributed by atoms with Crippen molar-refractivity contribution in [2.75, 3.05) is 0 Å². The molecule has 0 saturated heterocycles. The van der Waals surface area contributed by atoms with Crippen LogP contribution in [0.5, 0.6) is 0 Å². The van der Waals surface area contributed by atoms with Gasteiger partial charge >= 0.3 is 0 Å². The van der Waals surface area contributed by atoms with Crippen molar-refractivity contribution in [2.45, 2.75) is 5.00 Å². The van der Waals surface area contributed by atoms with Gasteiger partial charge in [-0.3, -0.25) is 0 Å². The Morgan fingerprint density at radius 1 is 1.89 bits per heavy atom. The molecule has 1 heterocycles. The van der Waals surface area contributed by atoms with Crippen LogP contribution in [0.1, 0.15) is 0 Å². The van der Waals surface area contributed by atoms with Crippen LogP contribution in [0.25, 0.3) is 0 Å². The monoisotopic (exact) mass is 180 g/mol. The molecule has 1 unspecified atom stereocenters. The smallest absolute Gasteiger partial charge is 0.223 e. The van der Waals surface area contributed by atoms with Gasteiger partial charge in [-0.1, -0.05) is 23.2 Å². The van der Waals surface area contributed by atoms with Crippen LogP contribution in [0.2, 0.25) is 0 Å². The van der Waals surface area contributed by atoms with Crippen LogP contribution < -0.4 is 4.72 Å². The molecule has 1 aliphatic rings. The molecule has 1 aliphatic heterocycles. The van der Waals surface area contributed by atoms with Gasteiger partial charge in [0.2, 0.25) is 5.00 Å². The Kier molecular flexibility index (Phi) is 1.92. The van der Waals surface area contributed by atoms with E-state index in [1.165, 1.54) is 11.9 Å². The quantitative estimate of drug-likeness (QED) is 0.351. The lowest BCUT2D eigenvalue weighted by Gasteiger charge is -2.09.